The van der Waals surface area contributed by atoms with E-state index in [0.717, 1.165) is 51.1 Å². The average Bonchev–Trinajstić information content (AvgIpc) is 2.59. The van der Waals surface area contributed by atoms with Gasteiger partial charge in [-0.05, 0) is 45.2 Å². The first-order valence-corrected chi connectivity index (χ1v) is 10.7. The molecular formula is C17H33N3O2S. The number of carbonyl (C=O) groups excluding carboxylic acids is 1. The zero-order valence-electron chi connectivity index (χ0n) is 14.7. The summed E-state index contributed by atoms with van der Waals surface area (Å²) in [5, 5.41) is 6.41. The van der Waals surface area contributed by atoms with Gasteiger partial charge in [-0.1, -0.05) is 26.7 Å². The van der Waals surface area contributed by atoms with Crippen LogP contribution >= 0.6 is 0 Å². The van der Waals surface area contributed by atoms with E-state index >= 15 is 0 Å². The smallest absolute Gasteiger partial charge is 0.315 e. The molecular weight excluding hydrogens is 310 g/mol. The third kappa shape index (κ3) is 5.75. The van der Waals surface area contributed by atoms with Crippen LogP contribution in [0.25, 0.3) is 0 Å². The highest BCUT2D eigenvalue weighted by Crippen LogP contribution is 2.23. The first-order chi connectivity index (χ1) is 11.1. The molecule has 23 heavy (non-hydrogen) atoms. The van der Waals surface area contributed by atoms with E-state index in [-0.39, 0.29) is 17.3 Å². The second-order valence-corrected chi connectivity index (χ2v) is 8.79. The van der Waals surface area contributed by atoms with E-state index in [2.05, 4.69) is 22.5 Å². The van der Waals surface area contributed by atoms with E-state index in [4.69, 9.17) is 0 Å². The van der Waals surface area contributed by atoms with Gasteiger partial charge in [0.05, 0.1) is 0 Å². The Bertz CT molecular complexity index is 405. The largest absolute Gasteiger partial charge is 0.337 e. The lowest BCUT2D eigenvalue weighted by atomic mass is 9.95. The molecule has 0 aromatic rings. The van der Waals surface area contributed by atoms with Gasteiger partial charge in [0, 0.05) is 40.4 Å². The molecule has 2 N–H and O–H groups in total. The number of nitrogens with zero attached hydrogens (tertiary/aromatic N) is 1. The van der Waals surface area contributed by atoms with Crippen LogP contribution < -0.4 is 10.6 Å². The lowest BCUT2D eigenvalue weighted by molar-refractivity contribution is 0.153. The summed E-state index contributed by atoms with van der Waals surface area (Å²) in [5.41, 5.74) is 0. The van der Waals surface area contributed by atoms with Crippen molar-refractivity contribution in [3.63, 3.8) is 0 Å². The molecule has 0 aromatic heterocycles. The fraction of sp³-hybridized carbons (Fsp3) is 0.941. The molecule has 1 aliphatic heterocycles. The second kappa shape index (κ2) is 9.62. The number of likely N-dealkylation sites (N-methyl/N-ethyl adjacent to an activating group) is 1. The lowest BCUT2D eigenvalue weighted by Crippen LogP contribution is -2.51. The van der Waals surface area contributed by atoms with Crippen LogP contribution in [0.4, 0.5) is 4.79 Å². The fourth-order valence-electron chi connectivity index (χ4n) is 3.90. The Morgan fingerprint density at radius 2 is 2.00 bits per heavy atom. The molecule has 6 heteroatoms. The normalized spacial score (nSPS) is 30.6. The maximum Gasteiger partial charge on any atom is 0.315 e. The number of rotatable bonds is 6. The highest BCUT2D eigenvalue weighted by molar-refractivity contribution is 7.85. The first kappa shape index (κ1) is 18.7. The molecule has 0 radical (unpaired) electrons. The molecule has 0 aromatic carbocycles. The minimum atomic E-state index is -0.741. The van der Waals surface area contributed by atoms with Crippen molar-refractivity contribution in [2.75, 3.05) is 25.4 Å². The Morgan fingerprint density at radius 1 is 1.17 bits per heavy atom. The topological polar surface area (TPSA) is 61.4 Å². The monoisotopic (exact) mass is 343 g/mol. The number of urea groups is 1. The Morgan fingerprint density at radius 3 is 2.74 bits per heavy atom. The first-order valence-electron chi connectivity index (χ1n) is 9.29. The third-order valence-corrected chi connectivity index (χ3v) is 7.01. The van der Waals surface area contributed by atoms with Gasteiger partial charge in [0.2, 0.25) is 0 Å². The number of carbonyl (C=O) groups is 1. The highest BCUT2D eigenvalue weighted by Gasteiger charge is 2.27. The van der Waals surface area contributed by atoms with Crippen molar-refractivity contribution >= 4 is 16.8 Å². The standard InChI is InChI=1S/C17H33N3O2S/c1-3-20-11-6-5-9-15(20)13-18-17(21)19-14-8-7-10-16(12-14)23(22)4-2/h14-16H,3-13H2,1-2H3,(H2,18,19,21)/t14-,15+,16+,23+/m1/s1. The van der Waals surface area contributed by atoms with E-state index in [1.54, 1.807) is 0 Å². The van der Waals surface area contributed by atoms with E-state index < -0.39 is 10.8 Å². The molecule has 1 aliphatic carbocycles. The number of nitrogens with one attached hydrogen (secondary N) is 2. The van der Waals surface area contributed by atoms with E-state index in [9.17, 15) is 9.00 Å². The Labute approximate surface area is 143 Å². The summed E-state index contributed by atoms with van der Waals surface area (Å²) in [7, 11) is -0.741. The molecule has 2 fully saturated rings. The Balaban J connectivity index is 1.72. The van der Waals surface area contributed by atoms with Gasteiger partial charge in [-0.2, -0.15) is 0 Å². The molecule has 2 amide bonds. The number of likely N-dealkylation sites (tertiary alicyclic amines) is 1. The Kier molecular flexibility index (Phi) is 7.83. The molecule has 0 spiro atoms. The summed E-state index contributed by atoms with van der Waals surface area (Å²) in [6, 6.07) is 0.601. The number of hydrogen-bond acceptors (Lipinski definition) is 3. The number of piperidine rings is 1. The molecule has 2 aliphatic rings. The zero-order valence-corrected chi connectivity index (χ0v) is 15.5. The Hall–Kier alpha value is -0.620. The van der Waals surface area contributed by atoms with Gasteiger partial charge in [0.25, 0.3) is 0 Å². The van der Waals surface area contributed by atoms with Gasteiger partial charge in [-0.25, -0.2) is 4.79 Å². The summed E-state index contributed by atoms with van der Waals surface area (Å²) in [6.07, 6.45) is 7.68. The van der Waals surface area contributed by atoms with Gasteiger partial charge >= 0.3 is 6.03 Å². The molecule has 5 nitrogen and oxygen atoms in total. The quantitative estimate of drug-likeness (QED) is 0.777. The van der Waals surface area contributed by atoms with E-state index in [0.29, 0.717) is 6.04 Å². The fourth-order valence-corrected chi connectivity index (χ4v) is 5.25. The second-order valence-electron chi connectivity index (χ2n) is 6.79. The van der Waals surface area contributed by atoms with Crippen molar-refractivity contribution < 1.29 is 9.00 Å². The van der Waals surface area contributed by atoms with E-state index in [1.807, 2.05) is 6.92 Å². The molecule has 0 unspecified atom stereocenters. The number of amides is 2. The van der Waals surface area contributed by atoms with Gasteiger partial charge in [-0.3, -0.25) is 9.11 Å². The lowest BCUT2D eigenvalue weighted by Gasteiger charge is -2.35. The van der Waals surface area contributed by atoms with E-state index in [1.165, 1.54) is 19.3 Å². The van der Waals surface area contributed by atoms with Crippen LogP contribution in [-0.4, -0.2) is 57.9 Å². The van der Waals surface area contributed by atoms with Crippen LogP contribution in [0.3, 0.4) is 0 Å². The summed E-state index contributed by atoms with van der Waals surface area (Å²) in [6.45, 7) is 7.10. The van der Waals surface area contributed by atoms with Gasteiger partial charge in [0.1, 0.15) is 0 Å². The SMILES string of the molecule is CCN1CCCC[C@H]1CNC(=O)N[C@@H]1CCC[C@H]([S@@](=O)CC)C1. The van der Waals surface area contributed by atoms with Gasteiger partial charge in [-0.15, -0.1) is 0 Å². The molecule has 134 valence electrons. The molecule has 1 saturated carbocycles. The van der Waals surface area contributed by atoms with Crippen LogP contribution in [0, 0.1) is 0 Å². The minimum Gasteiger partial charge on any atom is -0.337 e. The van der Waals surface area contributed by atoms with Crippen LogP contribution in [0.15, 0.2) is 0 Å². The van der Waals surface area contributed by atoms with Crippen molar-refractivity contribution in [2.45, 2.75) is 76.1 Å². The molecule has 1 heterocycles. The van der Waals surface area contributed by atoms with Crippen molar-refractivity contribution in [2.24, 2.45) is 0 Å². The van der Waals surface area contributed by atoms with Crippen molar-refractivity contribution in [1.29, 1.82) is 0 Å². The summed E-state index contributed by atoms with van der Waals surface area (Å²) >= 11 is 0. The van der Waals surface area contributed by atoms with Crippen molar-refractivity contribution in [1.82, 2.24) is 15.5 Å². The van der Waals surface area contributed by atoms with Crippen molar-refractivity contribution in [3.8, 4) is 0 Å². The molecule has 1 saturated heterocycles. The third-order valence-electron chi connectivity index (χ3n) is 5.27. The molecule has 4 atom stereocenters. The van der Waals surface area contributed by atoms with Crippen LogP contribution in [0.5, 0.6) is 0 Å². The van der Waals surface area contributed by atoms with Gasteiger partial charge in [0.15, 0.2) is 0 Å². The summed E-state index contributed by atoms with van der Waals surface area (Å²) in [5.74, 6) is 0.720. The highest BCUT2D eigenvalue weighted by atomic mass is 32.2. The average molecular weight is 344 g/mol. The van der Waals surface area contributed by atoms with Gasteiger partial charge < -0.3 is 10.6 Å². The maximum absolute atomic E-state index is 12.2. The predicted octanol–water partition coefficient (Wildman–Crippen LogP) is 2.24. The molecule has 0 bridgehead atoms. The molecule has 2 rings (SSSR count). The maximum atomic E-state index is 12.2. The zero-order chi connectivity index (χ0) is 16.7. The number of hydrogen-bond donors (Lipinski definition) is 2. The summed E-state index contributed by atoms with van der Waals surface area (Å²) in [4.78, 5) is 14.6. The van der Waals surface area contributed by atoms with Crippen LogP contribution in [0.2, 0.25) is 0 Å². The van der Waals surface area contributed by atoms with Crippen LogP contribution in [-0.2, 0) is 10.8 Å². The van der Waals surface area contributed by atoms with Crippen LogP contribution in [0.1, 0.15) is 58.8 Å². The van der Waals surface area contributed by atoms with Crippen molar-refractivity contribution in [3.05, 3.63) is 0 Å². The minimum absolute atomic E-state index is 0.0560. The predicted molar refractivity (Wildman–Crippen MR) is 96.1 cm³/mol. The summed E-state index contributed by atoms with van der Waals surface area (Å²) < 4.78 is 12.0.